The van der Waals surface area contributed by atoms with Crippen molar-refractivity contribution in [3.05, 3.63) is 48.0 Å². The molecule has 1 aromatic carbocycles. The van der Waals surface area contributed by atoms with Gasteiger partial charge in [-0.15, -0.1) is 0 Å². The molecule has 0 saturated carbocycles. The van der Waals surface area contributed by atoms with E-state index < -0.39 is 0 Å². The van der Waals surface area contributed by atoms with Crippen LogP contribution in [0.2, 0.25) is 0 Å². The van der Waals surface area contributed by atoms with E-state index in [-0.39, 0.29) is 19.0 Å². The number of benzene rings is 1. The van der Waals surface area contributed by atoms with Gasteiger partial charge in [0.15, 0.2) is 5.82 Å². The molecule has 2 rings (SSSR count). The molecule has 0 atom stereocenters. The maximum Gasteiger partial charge on any atom is 0.242 e. The van der Waals surface area contributed by atoms with Crippen LogP contribution in [0, 0.1) is 0 Å². The Morgan fingerprint density at radius 1 is 1.33 bits per heavy atom. The predicted octanol–water partition coefficient (Wildman–Crippen LogP) is 0.0532. The van der Waals surface area contributed by atoms with E-state index >= 15 is 0 Å². The van der Waals surface area contributed by atoms with E-state index in [1.165, 1.54) is 11.0 Å². The molecule has 0 spiro atoms. The standard InChI is InChI=1S/C12H15N5O/c13-6-11-15-9-17(16-11)8-12(18)14-7-10-4-2-1-3-5-10/h1-5,9H,6-8,13H2,(H,14,18). The molecule has 6 nitrogen and oxygen atoms in total. The second-order valence-electron chi connectivity index (χ2n) is 3.82. The van der Waals surface area contributed by atoms with E-state index in [4.69, 9.17) is 5.73 Å². The fraction of sp³-hybridized carbons (Fsp3) is 0.250. The molecule has 0 unspecified atom stereocenters. The summed E-state index contributed by atoms with van der Waals surface area (Å²) in [7, 11) is 0. The van der Waals surface area contributed by atoms with Gasteiger partial charge < -0.3 is 11.1 Å². The van der Waals surface area contributed by atoms with E-state index in [0.29, 0.717) is 12.4 Å². The van der Waals surface area contributed by atoms with Crippen molar-refractivity contribution >= 4 is 5.91 Å². The van der Waals surface area contributed by atoms with Crippen molar-refractivity contribution < 1.29 is 4.79 Å². The smallest absolute Gasteiger partial charge is 0.242 e. The Morgan fingerprint density at radius 3 is 2.78 bits per heavy atom. The second kappa shape index (κ2) is 5.92. The molecule has 0 saturated heterocycles. The number of carbonyl (C=O) groups excluding carboxylic acids is 1. The maximum atomic E-state index is 11.7. The largest absolute Gasteiger partial charge is 0.350 e. The first-order valence-corrected chi connectivity index (χ1v) is 5.67. The highest BCUT2D eigenvalue weighted by atomic mass is 16.2. The zero-order valence-corrected chi connectivity index (χ0v) is 9.91. The lowest BCUT2D eigenvalue weighted by Crippen LogP contribution is -2.27. The van der Waals surface area contributed by atoms with Crippen LogP contribution in [0.4, 0.5) is 0 Å². The third-order valence-corrected chi connectivity index (χ3v) is 2.40. The lowest BCUT2D eigenvalue weighted by molar-refractivity contribution is -0.122. The third kappa shape index (κ3) is 3.39. The number of rotatable bonds is 5. The minimum atomic E-state index is -0.104. The molecule has 1 aromatic heterocycles. The fourth-order valence-electron chi connectivity index (χ4n) is 1.50. The van der Waals surface area contributed by atoms with Gasteiger partial charge in [0.1, 0.15) is 12.9 Å². The molecule has 2 aromatic rings. The normalized spacial score (nSPS) is 10.3. The minimum absolute atomic E-state index is 0.104. The summed E-state index contributed by atoms with van der Waals surface area (Å²) in [5.74, 6) is 0.429. The van der Waals surface area contributed by atoms with Gasteiger partial charge in [-0.2, -0.15) is 5.10 Å². The van der Waals surface area contributed by atoms with E-state index in [1.54, 1.807) is 0 Å². The number of carbonyl (C=O) groups is 1. The molecule has 0 aliphatic heterocycles. The Labute approximate surface area is 105 Å². The molecule has 3 N–H and O–H groups in total. The molecule has 0 fully saturated rings. The van der Waals surface area contributed by atoms with Crippen LogP contribution in [0.3, 0.4) is 0 Å². The van der Waals surface area contributed by atoms with Crippen LogP contribution >= 0.6 is 0 Å². The quantitative estimate of drug-likeness (QED) is 0.779. The molecular weight excluding hydrogens is 230 g/mol. The molecule has 0 aliphatic rings. The van der Waals surface area contributed by atoms with Crippen molar-refractivity contribution in [2.24, 2.45) is 5.73 Å². The number of nitrogens with one attached hydrogen (secondary N) is 1. The average molecular weight is 245 g/mol. The molecule has 6 heteroatoms. The van der Waals surface area contributed by atoms with Crippen molar-refractivity contribution in [2.45, 2.75) is 19.6 Å². The minimum Gasteiger partial charge on any atom is -0.350 e. The number of hydrogen-bond donors (Lipinski definition) is 2. The van der Waals surface area contributed by atoms with Gasteiger partial charge in [0.2, 0.25) is 5.91 Å². The van der Waals surface area contributed by atoms with Crippen LogP contribution in [0.1, 0.15) is 11.4 Å². The van der Waals surface area contributed by atoms with Gasteiger partial charge in [0, 0.05) is 6.54 Å². The highest BCUT2D eigenvalue weighted by molar-refractivity contribution is 5.75. The topological polar surface area (TPSA) is 85.8 Å². The van der Waals surface area contributed by atoms with Gasteiger partial charge in [-0.05, 0) is 5.56 Å². The molecule has 1 heterocycles. The van der Waals surface area contributed by atoms with Crippen molar-refractivity contribution in [2.75, 3.05) is 0 Å². The summed E-state index contributed by atoms with van der Waals surface area (Å²) in [5, 5.41) is 6.86. The van der Waals surface area contributed by atoms with Crippen LogP contribution in [0.5, 0.6) is 0 Å². The van der Waals surface area contributed by atoms with Crippen molar-refractivity contribution in [3.63, 3.8) is 0 Å². The number of aromatic nitrogens is 3. The molecule has 0 aliphatic carbocycles. The Hall–Kier alpha value is -2.21. The zero-order chi connectivity index (χ0) is 12.8. The van der Waals surface area contributed by atoms with E-state index in [0.717, 1.165) is 5.56 Å². The van der Waals surface area contributed by atoms with Gasteiger partial charge in [-0.1, -0.05) is 30.3 Å². The molecule has 18 heavy (non-hydrogen) atoms. The summed E-state index contributed by atoms with van der Waals surface area (Å²) >= 11 is 0. The first-order valence-electron chi connectivity index (χ1n) is 5.67. The van der Waals surface area contributed by atoms with Crippen molar-refractivity contribution in [1.29, 1.82) is 0 Å². The monoisotopic (exact) mass is 245 g/mol. The molecule has 1 amide bonds. The Balaban J connectivity index is 1.82. The SMILES string of the molecule is NCc1ncn(CC(=O)NCc2ccccc2)n1. The van der Waals surface area contributed by atoms with Gasteiger partial charge in [0.25, 0.3) is 0 Å². The third-order valence-electron chi connectivity index (χ3n) is 2.40. The van der Waals surface area contributed by atoms with E-state index in [2.05, 4.69) is 15.4 Å². The number of nitrogens with zero attached hydrogens (tertiary/aromatic N) is 3. The Kier molecular flexibility index (Phi) is 4.03. The number of nitrogens with two attached hydrogens (primary N) is 1. The first-order chi connectivity index (χ1) is 8.78. The fourth-order valence-corrected chi connectivity index (χ4v) is 1.50. The summed E-state index contributed by atoms with van der Waals surface area (Å²) in [6.07, 6.45) is 1.50. The average Bonchev–Trinajstić information content (AvgIpc) is 2.85. The molecule has 0 bridgehead atoms. The summed E-state index contributed by atoms with van der Waals surface area (Å²) < 4.78 is 1.47. The Morgan fingerprint density at radius 2 is 2.11 bits per heavy atom. The first kappa shape index (κ1) is 12.3. The van der Waals surface area contributed by atoms with Gasteiger partial charge in [-0.3, -0.25) is 4.79 Å². The van der Waals surface area contributed by atoms with E-state index in [1.807, 2.05) is 30.3 Å². The van der Waals surface area contributed by atoms with Crippen molar-refractivity contribution in [1.82, 2.24) is 20.1 Å². The summed E-state index contributed by atoms with van der Waals surface area (Å²) in [5.41, 5.74) is 6.45. The van der Waals surface area contributed by atoms with Crippen LogP contribution in [0.15, 0.2) is 36.7 Å². The summed E-state index contributed by atoms with van der Waals surface area (Å²) in [4.78, 5) is 15.6. The van der Waals surface area contributed by atoms with Crippen LogP contribution in [-0.4, -0.2) is 20.7 Å². The summed E-state index contributed by atoms with van der Waals surface area (Å²) in [6.45, 7) is 0.941. The lowest BCUT2D eigenvalue weighted by Gasteiger charge is -2.04. The van der Waals surface area contributed by atoms with Crippen LogP contribution in [-0.2, 0) is 24.4 Å². The molecule has 94 valence electrons. The lowest BCUT2D eigenvalue weighted by atomic mass is 10.2. The number of amides is 1. The summed E-state index contributed by atoms with van der Waals surface area (Å²) in [6, 6.07) is 9.73. The van der Waals surface area contributed by atoms with Crippen LogP contribution < -0.4 is 11.1 Å². The maximum absolute atomic E-state index is 11.7. The highest BCUT2D eigenvalue weighted by Gasteiger charge is 2.04. The highest BCUT2D eigenvalue weighted by Crippen LogP contribution is 1.97. The zero-order valence-electron chi connectivity index (χ0n) is 9.91. The van der Waals surface area contributed by atoms with Gasteiger partial charge in [0.05, 0.1) is 6.54 Å². The second-order valence-corrected chi connectivity index (χ2v) is 3.82. The van der Waals surface area contributed by atoms with Gasteiger partial charge >= 0.3 is 0 Å². The molecular formula is C12H15N5O. The Bertz CT molecular complexity index is 508. The van der Waals surface area contributed by atoms with Crippen LogP contribution in [0.25, 0.3) is 0 Å². The predicted molar refractivity (Wildman–Crippen MR) is 66.2 cm³/mol. The number of hydrogen-bond acceptors (Lipinski definition) is 4. The van der Waals surface area contributed by atoms with Crippen molar-refractivity contribution in [3.8, 4) is 0 Å². The molecule has 0 radical (unpaired) electrons. The van der Waals surface area contributed by atoms with E-state index in [9.17, 15) is 4.79 Å². The van der Waals surface area contributed by atoms with Gasteiger partial charge in [-0.25, -0.2) is 9.67 Å².